The normalized spacial score (nSPS) is 24.6. The Morgan fingerprint density at radius 2 is 1.92 bits per heavy atom. The van der Waals surface area contributed by atoms with E-state index in [1.54, 1.807) is 0 Å². The van der Waals surface area contributed by atoms with Crippen molar-refractivity contribution in [1.82, 2.24) is 0 Å². The molecule has 1 aliphatic rings. The first-order chi connectivity index (χ1) is 6.29. The van der Waals surface area contributed by atoms with E-state index in [0.29, 0.717) is 6.42 Å². The van der Waals surface area contributed by atoms with Crippen LogP contribution in [0.4, 0.5) is 0 Å². The van der Waals surface area contributed by atoms with Gasteiger partial charge in [-0.1, -0.05) is 38.1 Å². The third kappa shape index (κ3) is 1.90. The van der Waals surface area contributed by atoms with E-state index >= 15 is 0 Å². The topological polar surface area (TPSA) is 46.2 Å². The Morgan fingerprint density at radius 3 is 2.54 bits per heavy atom. The number of aliphatic hydroxyl groups is 1. The second-order valence-electron chi connectivity index (χ2n) is 3.00. The van der Waals surface area contributed by atoms with Gasteiger partial charge in [0.25, 0.3) is 0 Å². The van der Waals surface area contributed by atoms with Gasteiger partial charge in [-0.15, -0.1) is 0 Å². The predicted molar refractivity (Wildman–Crippen MR) is 54.4 cm³/mol. The second-order valence-corrected chi connectivity index (χ2v) is 3.00. The highest BCUT2D eigenvalue weighted by Gasteiger charge is 2.26. The van der Waals surface area contributed by atoms with E-state index in [1.165, 1.54) is 5.56 Å². The number of hydrogen-bond donors (Lipinski definition) is 2. The van der Waals surface area contributed by atoms with Crippen LogP contribution in [0.5, 0.6) is 0 Å². The lowest BCUT2D eigenvalue weighted by atomic mass is 10.1. The Labute approximate surface area is 79.4 Å². The zero-order valence-corrected chi connectivity index (χ0v) is 8.20. The van der Waals surface area contributed by atoms with Gasteiger partial charge in [0.2, 0.25) is 0 Å². The summed E-state index contributed by atoms with van der Waals surface area (Å²) in [6.45, 7) is 4.00. The number of fused-ring (bicyclic) bond motifs is 1. The van der Waals surface area contributed by atoms with Crippen LogP contribution in [0.3, 0.4) is 0 Å². The minimum absolute atomic E-state index is 0.175. The lowest BCUT2D eigenvalue weighted by Crippen LogP contribution is -2.21. The van der Waals surface area contributed by atoms with Crippen LogP contribution in [0.15, 0.2) is 24.3 Å². The predicted octanol–water partition coefficient (Wildman–Crippen LogP) is 1.63. The molecule has 1 aromatic carbocycles. The van der Waals surface area contributed by atoms with Gasteiger partial charge in [0.05, 0.1) is 12.1 Å². The van der Waals surface area contributed by atoms with Crippen molar-refractivity contribution in [1.29, 1.82) is 0 Å². The van der Waals surface area contributed by atoms with Crippen LogP contribution in [0, 0.1) is 0 Å². The maximum atomic E-state index is 9.39. The maximum Gasteiger partial charge on any atom is 0.0773 e. The van der Waals surface area contributed by atoms with Crippen LogP contribution >= 0.6 is 0 Å². The van der Waals surface area contributed by atoms with Crippen LogP contribution in [-0.2, 0) is 6.42 Å². The van der Waals surface area contributed by atoms with Crippen LogP contribution < -0.4 is 5.73 Å². The molecule has 0 fully saturated rings. The molecule has 13 heavy (non-hydrogen) atoms. The molecular formula is C11H17NO. The first kappa shape index (κ1) is 10.2. The Bertz CT molecular complexity index is 273. The summed E-state index contributed by atoms with van der Waals surface area (Å²) in [7, 11) is 0. The van der Waals surface area contributed by atoms with E-state index in [9.17, 15) is 5.11 Å². The standard InChI is InChI=1S/C9H11NO.C2H6/c10-9-7-4-2-1-3-6(7)5-8(9)11;1-2/h1-4,8-9,11H,5,10H2;1-2H3/t8-,9+;/m1./s1. The average Bonchev–Trinajstić information content (AvgIpc) is 2.47. The Morgan fingerprint density at radius 1 is 1.31 bits per heavy atom. The molecule has 0 saturated carbocycles. The molecule has 3 N–H and O–H groups in total. The molecule has 0 amide bonds. The molecular weight excluding hydrogens is 162 g/mol. The van der Waals surface area contributed by atoms with Crippen molar-refractivity contribution in [3.8, 4) is 0 Å². The van der Waals surface area contributed by atoms with Gasteiger partial charge in [-0.3, -0.25) is 0 Å². The average molecular weight is 179 g/mol. The van der Waals surface area contributed by atoms with Crippen LogP contribution in [0.25, 0.3) is 0 Å². The summed E-state index contributed by atoms with van der Waals surface area (Å²) in [6, 6.07) is 7.76. The largest absolute Gasteiger partial charge is 0.391 e. The molecule has 0 spiro atoms. The molecule has 2 nitrogen and oxygen atoms in total. The number of aliphatic hydroxyl groups excluding tert-OH is 1. The summed E-state index contributed by atoms with van der Waals surface area (Å²) in [4.78, 5) is 0. The molecule has 0 aromatic heterocycles. The number of hydrogen-bond acceptors (Lipinski definition) is 2. The summed E-state index contributed by atoms with van der Waals surface area (Å²) in [5, 5.41) is 9.39. The number of rotatable bonds is 0. The summed E-state index contributed by atoms with van der Waals surface area (Å²) in [5.74, 6) is 0. The van der Waals surface area contributed by atoms with E-state index in [1.807, 2.05) is 38.1 Å². The summed E-state index contributed by atoms with van der Waals surface area (Å²) < 4.78 is 0. The Hall–Kier alpha value is -0.860. The van der Waals surface area contributed by atoms with E-state index in [0.717, 1.165) is 5.56 Å². The SMILES string of the molecule is CC.N[C@H]1c2ccccc2C[C@H]1O. The molecule has 0 radical (unpaired) electrons. The quantitative estimate of drug-likeness (QED) is 0.636. The maximum absolute atomic E-state index is 9.39. The van der Waals surface area contributed by atoms with Crippen LogP contribution in [0.1, 0.15) is 31.0 Å². The zero-order valence-electron chi connectivity index (χ0n) is 8.20. The lowest BCUT2D eigenvalue weighted by Gasteiger charge is -2.07. The Balaban J connectivity index is 0.000000396. The minimum Gasteiger partial charge on any atom is -0.391 e. The molecule has 1 aromatic rings. The van der Waals surface area contributed by atoms with Crippen LogP contribution in [0.2, 0.25) is 0 Å². The van der Waals surface area contributed by atoms with Gasteiger partial charge in [-0.05, 0) is 11.1 Å². The molecule has 0 aliphatic heterocycles. The minimum atomic E-state index is -0.382. The van der Waals surface area contributed by atoms with Gasteiger partial charge in [0, 0.05) is 6.42 Å². The van der Waals surface area contributed by atoms with Crippen molar-refractivity contribution >= 4 is 0 Å². The first-order valence-electron chi connectivity index (χ1n) is 4.80. The van der Waals surface area contributed by atoms with Crippen molar-refractivity contribution in [2.24, 2.45) is 5.73 Å². The van der Waals surface area contributed by atoms with Crippen molar-refractivity contribution < 1.29 is 5.11 Å². The van der Waals surface area contributed by atoms with Gasteiger partial charge in [-0.25, -0.2) is 0 Å². The number of nitrogens with two attached hydrogens (primary N) is 1. The van der Waals surface area contributed by atoms with E-state index in [4.69, 9.17) is 5.73 Å². The highest BCUT2D eigenvalue weighted by atomic mass is 16.3. The summed E-state index contributed by atoms with van der Waals surface area (Å²) in [6.07, 6.45) is 0.324. The van der Waals surface area contributed by atoms with E-state index in [2.05, 4.69) is 0 Å². The second kappa shape index (κ2) is 4.40. The lowest BCUT2D eigenvalue weighted by molar-refractivity contribution is 0.158. The van der Waals surface area contributed by atoms with Gasteiger partial charge in [0.1, 0.15) is 0 Å². The van der Waals surface area contributed by atoms with Gasteiger partial charge < -0.3 is 10.8 Å². The molecule has 0 heterocycles. The van der Waals surface area contributed by atoms with E-state index < -0.39 is 0 Å². The van der Waals surface area contributed by atoms with Crippen molar-refractivity contribution in [2.45, 2.75) is 32.4 Å². The molecule has 2 atom stereocenters. The van der Waals surface area contributed by atoms with Gasteiger partial charge >= 0.3 is 0 Å². The number of benzene rings is 1. The zero-order chi connectivity index (χ0) is 9.84. The molecule has 0 unspecified atom stereocenters. The third-order valence-electron chi connectivity index (χ3n) is 2.26. The molecule has 2 heteroatoms. The molecule has 2 rings (SSSR count). The molecule has 1 aliphatic carbocycles. The fraction of sp³-hybridized carbons (Fsp3) is 0.455. The monoisotopic (exact) mass is 179 g/mol. The van der Waals surface area contributed by atoms with Crippen LogP contribution in [-0.4, -0.2) is 11.2 Å². The molecule has 0 bridgehead atoms. The Kier molecular flexibility index (Phi) is 3.46. The van der Waals surface area contributed by atoms with Crippen molar-refractivity contribution in [2.75, 3.05) is 0 Å². The first-order valence-corrected chi connectivity index (χ1v) is 4.80. The molecule has 72 valence electrons. The fourth-order valence-corrected chi connectivity index (χ4v) is 1.60. The fourth-order valence-electron chi connectivity index (χ4n) is 1.60. The van der Waals surface area contributed by atoms with Gasteiger partial charge in [-0.2, -0.15) is 0 Å². The van der Waals surface area contributed by atoms with E-state index in [-0.39, 0.29) is 12.1 Å². The third-order valence-corrected chi connectivity index (χ3v) is 2.26. The summed E-state index contributed by atoms with van der Waals surface area (Å²) >= 11 is 0. The van der Waals surface area contributed by atoms with Crippen molar-refractivity contribution in [3.63, 3.8) is 0 Å². The van der Waals surface area contributed by atoms with Crippen molar-refractivity contribution in [3.05, 3.63) is 35.4 Å². The van der Waals surface area contributed by atoms with Gasteiger partial charge in [0.15, 0.2) is 0 Å². The smallest absolute Gasteiger partial charge is 0.0773 e. The molecule has 0 saturated heterocycles. The highest BCUT2D eigenvalue weighted by molar-refractivity contribution is 5.35. The highest BCUT2D eigenvalue weighted by Crippen LogP contribution is 2.28. The summed E-state index contributed by atoms with van der Waals surface area (Å²) in [5.41, 5.74) is 8.02.